The Morgan fingerprint density at radius 1 is 1.30 bits per heavy atom. The monoisotopic (exact) mass is 574 g/mol. The first-order chi connectivity index (χ1) is 18.7. The number of carbonyl (C=O) groups excluding carboxylic acids is 2. The first-order valence-electron chi connectivity index (χ1n) is 13.0. The molecule has 2 aliphatic rings. The van der Waals surface area contributed by atoms with E-state index in [1.165, 1.54) is 6.92 Å². The summed E-state index contributed by atoms with van der Waals surface area (Å²) in [5, 5.41) is 33.2. The number of aliphatic carboxylic acids is 1. The largest absolute Gasteiger partial charge is 0.479 e. The first-order valence-corrected chi connectivity index (χ1v) is 13.0. The summed E-state index contributed by atoms with van der Waals surface area (Å²) in [6.07, 6.45) is -2.31. The molecule has 1 saturated carbocycles. The van der Waals surface area contributed by atoms with Gasteiger partial charge in [-0.1, -0.05) is 32.1 Å². The number of carboxylic acids is 1. The van der Waals surface area contributed by atoms with E-state index >= 15 is 0 Å². The van der Waals surface area contributed by atoms with E-state index in [9.17, 15) is 38.2 Å². The highest BCUT2D eigenvalue weighted by molar-refractivity contribution is 5.90. The third-order valence-corrected chi connectivity index (χ3v) is 7.58. The lowest BCUT2D eigenvalue weighted by atomic mass is 9.84. The molecule has 1 saturated heterocycles. The zero-order valence-electron chi connectivity index (χ0n) is 22.2. The Labute approximate surface area is 228 Å². The number of aliphatic hydroxyl groups is 2. The van der Waals surface area contributed by atoms with E-state index in [4.69, 9.17) is 20.3 Å². The number of nitrogens with zero attached hydrogens (tertiary/aromatic N) is 1. The van der Waals surface area contributed by atoms with Crippen LogP contribution in [0.3, 0.4) is 0 Å². The lowest BCUT2D eigenvalue weighted by Gasteiger charge is -2.33. The highest BCUT2D eigenvalue weighted by Gasteiger charge is 2.59. The number of carboxylic acid groups (broad SMARTS) is 1. The fourth-order valence-electron chi connectivity index (χ4n) is 4.87. The maximum atomic E-state index is 14.4. The van der Waals surface area contributed by atoms with E-state index in [1.54, 1.807) is 0 Å². The molecule has 224 valence electrons. The van der Waals surface area contributed by atoms with E-state index in [1.807, 2.05) is 0 Å². The van der Waals surface area contributed by atoms with Crippen LogP contribution in [0.15, 0.2) is 23.1 Å². The van der Waals surface area contributed by atoms with Gasteiger partial charge in [0.05, 0.1) is 18.3 Å². The molecule has 1 aromatic heterocycles. The number of halogens is 2. The molecule has 40 heavy (non-hydrogen) atoms. The molecule has 2 amide bonds. The minimum absolute atomic E-state index is 0.172. The molecular weight excluding hydrogens is 538 g/mol. The molecule has 3 rings (SSSR count). The Balaban J connectivity index is 1.63. The van der Waals surface area contributed by atoms with E-state index in [2.05, 4.69) is 10.6 Å². The smallest absolute Gasteiger partial charge is 0.411 e. The molecule has 2 fully saturated rings. The number of hydrogen-bond donors (Lipinski definition) is 6. The van der Waals surface area contributed by atoms with Crippen LogP contribution in [-0.2, 0) is 19.1 Å². The lowest BCUT2D eigenvalue weighted by Crippen LogP contribution is -2.63. The van der Waals surface area contributed by atoms with E-state index in [0.717, 1.165) is 57.4 Å². The summed E-state index contributed by atoms with van der Waals surface area (Å²) < 4.78 is 39.3. The number of hydrogen-bond acceptors (Lipinski definition) is 9. The molecule has 1 aliphatic carbocycles. The Hall–Kier alpha value is -3.14. The number of aromatic nitrogens is 1. The summed E-state index contributed by atoms with van der Waals surface area (Å²) in [7, 11) is 0. The Morgan fingerprint density at radius 2 is 1.95 bits per heavy atom. The highest BCUT2D eigenvalue weighted by Crippen LogP contribution is 2.42. The molecule has 0 radical (unpaired) electrons. The summed E-state index contributed by atoms with van der Waals surface area (Å²) >= 11 is 0. The van der Waals surface area contributed by atoms with Crippen molar-refractivity contribution in [2.75, 3.05) is 11.9 Å². The number of aliphatic hydroxyl groups excluding tert-OH is 2. The second kappa shape index (κ2) is 12.6. The van der Waals surface area contributed by atoms with Gasteiger partial charge in [0.25, 0.3) is 5.56 Å². The van der Waals surface area contributed by atoms with E-state index in [-0.39, 0.29) is 11.6 Å². The molecule has 1 aromatic rings. The van der Waals surface area contributed by atoms with Crippen molar-refractivity contribution >= 4 is 23.7 Å². The van der Waals surface area contributed by atoms with E-state index < -0.39 is 72.2 Å². The third kappa shape index (κ3) is 6.77. The van der Waals surface area contributed by atoms with Crippen molar-refractivity contribution in [2.24, 2.45) is 11.7 Å². The van der Waals surface area contributed by atoms with Crippen LogP contribution in [0.5, 0.6) is 0 Å². The van der Waals surface area contributed by atoms with Gasteiger partial charge in [-0.05, 0) is 32.3 Å². The minimum atomic E-state index is -3.88. The highest BCUT2D eigenvalue weighted by atomic mass is 19.3. The number of alkyl halides is 2. The molecular formula is C25H36F2N4O9. The van der Waals surface area contributed by atoms with Crippen LogP contribution < -0.4 is 21.9 Å². The van der Waals surface area contributed by atoms with Gasteiger partial charge in [0.1, 0.15) is 12.2 Å². The number of nitrogens with one attached hydrogen (secondary N) is 2. The van der Waals surface area contributed by atoms with Crippen molar-refractivity contribution in [1.29, 1.82) is 0 Å². The quantitative estimate of drug-likeness (QED) is 0.233. The number of ether oxygens (including phenoxy) is 2. The Bertz CT molecular complexity index is 1140. The second-order valence-electron chi connectivity index (χ2n) is 10.5. The average Bonchev–Trinajstić information content (AvgIpc) is 3.12. The average molecular weight is 575 g/mol. The van der Waals surface area contributed by atoms with Gasteiger partial charge in [0.2, 0.25) is 12.1 Å². The molecule has 15 heteroatoms. The van der Waals surface area contributed by atoms with Gasteiger partial charge in [0, 0.05) is 12.3 Å². The van der Waals surface area contributed by atoms with Gasteiger partial charge in [0.15, 0.2) is 11.6 Å². The van der Waals surface area contributed by atoms with Crippen LogP contribution >= 0.6 is 0 Å². The zero-order valence-corrected chi connectivity index (χ0v) is 22.2. The maximum Gasteiger partial charge on any atom is 0.411 e. The lowest BCUT2D eigenvalue weighted by molar-refractivity contribution is -0.151. The van der Waals surface area contributed by atoms with Crippen LogP contribution in [0.2, 0.25) is 0 Å². The van der Waals surface area contributed by atoms with Crippen molar-refractivity contribution in [3.63, 3.8) is 0 Å². The topological polar surface area (TPSA) is 202 Å². The predicted molar refractivity (Wildman–Crippen MR) is 136 cm³/mol. The number of nitrogens with two attached hydrogens (primary N) is 1. The number of carbonyl (C=O) groups is 3. The van der Waals surface area contributed by atoms with Crippen molar-refractivity contribution in [3.05, 3.63) is 28.7 Å². The minimum Gasteiger partial charge on any atom is -0.479 e. The summed E-state index contributed by atoms with van der Waals surface area (Å²) in [6, 6.07) is 0.916. The molecule has 2 heterocycles. The molecule has 2 unspecified atom stereocenters. The van der Waals surface area contributed by atoms with Crippen LogP contribution in [0.25, 0.3) is 0 Å². The summed E-state index contributed by atoms with van der Waals surface area (Å²) in [5.74, 6) is -5.79. The summed E-state index contributed by atoms with van der Waals surface area (Å²) in [5.41, 5.74) is 2.78. The predicted octanol–water partition coefficient (Wildman–Crippen LogP) is 0.928. The van der Waals surface area contributed by atoms with Crippen LogP contribution in [-0.4, -0.2) is 80.3 Å². The normalized spacial score (nSPS) is 25.8. The Kier molecular flexibility index (Phi) is 9.87. The SMILES string of the molecule is C[C@H](OC(=O)Nc1ccn(C2O[C@H](CO)[C@@H](O)C2(F)F)c(=O)c1)[C@](C)(NC(=O)C(N)CC1CCCCC1)C(=O)O. The molecule has 13 nitrogen and oxygen atoms in total. The number of amides is 2. The molecule has 6 atom stereocenters. The second-order valence-corrected chi connectivity index (χ2v) is 10.5. The molecule has 7 N–H and O–H groups in total. The van der Waals surface area contributed by atoms with E-state index in [0.29, 0.717) is 11.0 Å². The molecule has 1 aliphatic heterocycles. The fraction of sp³-hybridized carbons (Fsp3) is 0.680. The van der Waals surface area contributed by atoms with Gasteiger partial charge >= 0.3 is 18.0 Å². The first kappa shape index (κ1) is 31.4. The van der Waals surface area contributed by atoms with Crippen molar-refractivity contribution in [3.8, 4) is 0 Å². The summed E-state index contributed by atoms with van der Waals surface area (Å²) in [4.78, 5) is 49.7. The molecule has 0 bridgehead atoms. The van der Waals surface area contributed by atoms with Crippen LogP contribution in [0.4, 0.5) is 19.3 Å². The van der Waals surface area contributed by atoms with Crippen LogP contribution in [0, 0.1) is 5.92 Å². The van der Waals surface area contributed by atoms with Crippen molar-refractivity contribution in [2.45, 2.75) is 94.4 Å². The maximum absolute atomic E-state index is 14.4. The van der Waals surface area contributed by atoms with Gasteiger partial charge in [-0.3, -0.25) is 19.5 Å². The Morgan fingerprint density at radius 3 is 2.50 bits per heavy atom. The van der Waals surface area contributed by atoms with Crippen molar-refractivity contribution < 1.29 is 48.0 Å². The zero-order chi connectivity index (χ0) is 29.8. The van der Waals surface area contributed by atoms with Crippen LogP contribution in [0.1, 0.15) is 58.6 Å². The standard InChI is InChI=1S/C25H36F2N4O9/c1-13(24(2,22(36)37)30-20(35)16(28)10-14-6-4-3-5-7-14)39-23(38)29-15-8-9-31(18(33)11-15)21-25(26,27)19(34)17(12-32)40-21/h8-9,11,13-14,16-17,19,21,32,34H,3-7,10,12,28H2,1-2H3,(H,29,38)(H,30,35)(H,36,37)/t13-,16?,17+,19+,21?,24-/m0/s1. The number of anilines is 1. The molecule has 0 spiro atoms. The van der Waals surface area contributed by atoms with Gasteiger partial charge in [-0.25, -0.2) is 9.59 Å². The molecule has 0 aromatic carbocycles. The van der Waals surface area contributed by atoms with Crippen molar-refractivity contribution in [1.82, 2.24) is 9.88 Å². The van der Waals surface area contributed by atoms with Gasteiger partial charge in [-0.15, -0.1) is 0 Å². The fourth-order valence-corrected chi connectivity index (χ4v) is 4.87. The number of rotatable bonds is 10. The van der Waals surface area contributed by atoms with Gasteiger partial charge < -0.3 is 35.8 Å². The van der Waals surface area contributed by atoms with Gasteiger partial charge in [-0.2, -0.15) is 8.78 Å². The third-order valence-electron chi connectivity index (χ3n) is 7.58. The number of pyridine rings is 1. The summed E-state index contributed by atoms with van der Waals surface area (Å²) in [6.45, 7) is 1.52.